The second-order valence-corrected chi connectivity index (χ2v) is 6.72. The summed E-state index contributed by atoms with van der Waals surface area (Å²) in [4.78, 5) is 39.0. The van der Waals surface area contributed by atoms with E-state index in [0.717, 1.165) is 5.56 Å². The molecule has 0 spiro atoms. The lowest BCUT2D eigenvalue weighted by Crippen LogP contribution is -2.31. The summed E-state index contributed by atoms with van der Waals surface area (Å²) in [5.74, 6) is -1.73. The van der Waals surface area contributed by atoms with Crippen LogP contribution in [0.15, 0.2) is 72.8 Å². The van der Waals surface area contributed by atoms with Gasteiger partial charge in [-0.2, -0.15) is 0 Å². The van der Waals surface area contributed by atoms with Crippen molar-refractivity contribution in [3.05, 3.63) is 101 Å². The lowest BCUT2D eigenvalue weighted by atomic mass is 10.1. The number of halogens is 1. The third kappa shape index (κ3) is 3.78. The molecular weight excluding hydrogens is 371 g/mol. The van der Waals surface area contributed by atoms with Crippen molar-refractivity contribution in [1.29, 1.82) is 0 Å². The normalized spacial score (nSPS) is 12.8. The van der Waals surface area contributed by atoms with Gasteiger partial charge in [0.1, 0.15) is 5.82 Å². The van der Waals surface area contributed by atoms with Gasteiger partial charge in [-0.3, -0.25) is 19.3 Å². The maximum absolute atomic E-state index is 13.3. The number of rotatable bonds is 5. The van der Waals surface area contributed by atoms with Gasteiger partial charge < -0.3 is 5.32 Å². The molecule has 0 aromatic heterocycles. The number of fused-ring (bicyclic) bond motifs is 1. The molecule has 144 valence electrons. The van der Waals surface area contributed by atoms with Crippen LogP contribution < -0.4 is 5.32 Å². The van der Waals surface area contributed by atoms with Gasteiger partial charge in [-0.05, 0) is 48.4 Å². The monoisotopic (exact) mass is 388 g/mol. The largest absolute Gasteiger partial charge is 0.322 e. The maximum Gasteiger partial charge on any atom is 0.261 e. The average molecular weight is 388 g/mol. The van der Waals surface area contributed by atoms with Crippen LogP contribution in [0.4, 0.5) is 10.1 Å². The van der Waals surface area contributed by atoms with Crippen LogP contribution in [0.25, 0.3) is 0 Å². The predicted molar refractivity (Wildman–Crippen MR) is 106 cm³/mol. The van der Waals surface area contributed by atoms with Crippen molar-refractivity contribution in [3.8, 4) is 0 Å². The predicted octanol–water partition coefficient (Wildman–Crippen LogP) is 3.92. The molecule has 0 atom stereocenters. The van der Waals surface area contributed by atoms with Crippen LogP contribution in [0.1, 0.15) is 36.6 Å². The Balaban J connectivity index is 1.51. The summed E-state index contributed by atoms with van der Waals surface area (Å²) in [6, 6.07) is 19.5. The van der Waals surface area contributed by atoms with Crippen molar-refractivity contribution in [3.63, 3.8) is 0 Å². The highest BCUT2D eigenvalue weighted by molar-refractivity contribution is 6.22. The lowest BCUT2D eigenvalue weighted by Gasteiger charge is -2.13. The first-order valence-electron chi connectivity index (χ1n) is 9.14. The number of nitrogens with zero attached hydrogens (tertiary/aromatic N) is 1. The molecule has 3 aromatic rings. The Morgan fingerprint density at radius 3 is 2.38 bits per heavy atom. The number of benzene rings is 3. The minimum absolute atomic E-state index is 0.204. The van der Waals surface area contributed by atoms with Gasteiger partial charge in [0, 0.05) is 17.8 Å². The second kappa shape index (κ2) is 7.67. The van der Waals surface area contributed by atoms with E-state index in [1.807, 2.05) is 30.3 Å². The second-order valence-electron chi connectivity index (χ2n) is 6.72. The average Bonchev–Trinajstić information content (AvgIpc) is 2.97. The van der Waals surface area contributed by atoms with Crippen LogP contribution in [-0.4, -0.2) is 29.2 Å². The van der Waals surface area contributed by atoms with E-state index < -0.39 is 17.6 Å². The van der Waals surface area contributed by atoms with E-state index in [4.69, 9.17) is 0 Å². The molecule has 0 fully saturated rings. The summed E-state index contributed by atoms with van der Waals surface area (Å²) in [5, 5.41) is 2.59. The topological polar surface area (TPSA) is 66.5 Å². The Morgan fingerprint density at radius 2 is 1.62 bits per heavy atom. The Hall–Kier alpha value is -3.80. The van der Waals surface area contributed by atoms with Gasteiger partial charge >= 0.3 is 0 Å². The van der Waals surface area contributed by atoms with Crippen molar-refractivity contribution in [2.24, 2.45) is 0 Å². The molecule has 5 nitrogen and oxygen atoms in total. The first-order chi connectivity index (χ1) is 14.0. The lowest BCUT2D eigenvalue weighted by molar-refractivity contribution is 0.0656. The Kier molecular flexibility index (Phi) is 4.91. The fourth-order valence-electron chi connectivity index (χ4n) is 3.29. The Labute approximate surface area is 166 Å². The number of carbonyl (C=O) groups excluding carboxylic acids is 3. The third-order valence-corrected chi connectivity index (χ3v) is 4.78. The molecule has 0 saturated heterocycles. The molecule has 0 aliphatic carbocycles. The zero-order valence-corrected chi connectivity index (χ0v) is 15.4. The first kappa shape index (κ1) is 18.6. The molecule has 1 N–H and O–H groups in total. The summed E-state index contributed by atoms with van der Waals surface area (Å²) in [6.45, 7) is 0.265. The van der Waals surface area contributed by atoms with Crippen molar-refractivity contribution < 1.29 is 18.8 Å². The highest BCUT2D eigenvalue weighted by Crippen LogP contribution is 2.25. The third-order valence-electron chi connectivity index (χ3n) is 4.78. The summed E-state index contributed by atoms with van der Waals surface area (Å²) in [6.07, 6.45) is 0.555. The number of hydrogen-bond acceptors (Lipinski definition) is 3. The minimum atomic E-state index is -0.485. The van der Waals surface area contributed by atoms with Gasteiger partial charge in [0.15, 0.2) is 0 Å². The van der Waals surface area contributed by atoms with Crippen molar-refractivity contribution in [2.45, 2.75) is 6.42 Å². The SMILES string of the molecule is O=C(Nc1cccc(F)c1)c1ccc2c(c1)C(=O)N(CCc1ccccc1)C2=O. The van der Waals surface area contributed by atoms with E-state index in [2.05, 4.69) is 5.32 Å². The molecule has 0 radical (unpaired) electrons. The number of anilines is 1. The molecule has 29 heavy (non-hydrogen) atoms. The summed E-state index contributed by atoms with van der Waals surface area (Å²) < 4.78 is 13.3. The molecule has 0 unspecified atom stereocenters. The standard InChI is InChI=1S/C23H17FN2O3/c24-17-7-4-8-18(14-17)25-21(27)16-9-10-19-20(13-16)23(29)26(22(19)28)12-11-15-5-2-1-3-6-15/h1-10,13-14H,11-12H2,(H,25,27). The fraction of sp³-hybridized carbons (Fsp3) is 0.0870. The summed E-state index contributed by atoms with van der Waals surface area (Å²) in [7, 11) is 0. The van der Waals surface area contributed by atoms with E-state index in [-0.39, 0.29) is 29.1 Å². The number of carbonyl (C=O) groups is 3. The molecule has 0 bridgehead atoms. The number of nitrogens with one attached hydrogen (secondary N) is 1. The van der Waals surface area contributed by atoms with Gasteiger partial charge in [-0.1, -0.05) is 36.4 Å². The maximum atomic E-state index is 13.3. The van der Waals surface area contributed by atoms with Crippen LogP contribution in [0.3, 0.4) is 0 Å². The van der Waals surface area contributed by atoms with Gasteiger partial charge in [0.2, 0.25) is 0 Å². The number of hydrogen-bond donors (Lipinski definition) is 1. The molecule has 1 aliphatic heterocycles. The van der Waals surface area contributed by atoms with Crippen molar-refractivity contribution >= 4 is 23.4 Å². The molecule has 3 amide bonds. The van der Waals surface area contributed by atoms with Crippen LogP contribution in [0.5, 0.6) is 0 Å². The molecular formula is C23H17FN2O3. The number of amides is 3. The molecule has 1 heterocycles. The molecule has 1 aliphatic rings. The van der Waals surface area contributed by atoms with Crippen LogP contribution in [-0.2, 0) is 6.42 Å². The highest BCUT2D eigenvalue weighted by atomic mass is 19.1. The molecule has 6 heteroatoms. The quantitative estimate of drug-likeness (QED) is 0.674. The molecule has 4 rings (SSSR count). The van der Waals surface area contributed by atoms with E-state index in [1.165, 1.54) is 41.3 Å². The Bertz CT molecular complexity index is 1110. The van der Waals surface area contributed by atoms with Gasteiger partial charge in [0.05, 0.1) is 11.1 Å². The summed E-state index contributed by atoms with van der Waals surface area (Å²) >= 11 is 0. The van der Waals surface area contributed by atoms with Crippen molar-refractivity contribution in [2.75, 3.05) is 11.9 Å². The van der Waals surface area contributed by atoms with Crippen LogP contribution in [0, 0.1) is 5.82 Å². The highest BCUT2D eigenvalue weighted by Gasteiger charge is 2.35. The minimum Gasteiger partial charge on any atom is -0.322 e. The van der Waals surface area contributed by atoms with E-state index >= 15 is 0 Å². The van der Waals surface area contributed by atoms with Gasteiger partial charge in [-0.25, -0.2) is 4.39 Å². The van der Waals surface area contributed by atoms with Crippen molar-refractivity contribution in [1.82, 2.24) is 4.90 Å². The Morgan fingerprint density at radius 1 is 0.862 bits per heavy atom. The molecule has 0 saturated carbocycles. The van der Waals surface area contributed by atoms with Crippen LogP contribution >= 0.6 is 0 Å². The summed E-state index contributed by atoms with van der Waals surface area (Å²) in [5.41, 5.74) is 2.04. The first-order valence-corrected chi connectivity index (χ1v) is 9.14. The van der Waals surface area contributed by atoms with Gasteiger partial charge in [0.25, 0.3) is 17.7 Å². The number of imide groups is 1. The van der Waals surface area contributed by atoms with E-state index in [1.54, 1.807) is 6.07 Å². The van der Waals surface area contributed by atoms with E-state index in [9.17, 15) is 18.8 Å². The smallest absolute Gasteiger partial charge is 0.261 e. The van der Waals surface area contributed by atoms with Gasteiger partial charge in [-0.15, -0.1) is 0 Å². The zero-order valence-electron chi connectivity index (χ0n) is 15.4. The van der Waals surface area contributed by atoms with Crippen LogP contribution in [0.2, 0.25) is 0 Å². The zero-order chi connectivity index (χ0) is 20.4. The molecule has 3 aromatic carbocycles. The van der Waals surface area contributed by atoms with E-state index in [0.29, 0.717) is 12.1 Å². The fourth-order valence-corrected chi connectivity index (χ4v) is 3.29.